The quantitative estimate of drug-likeness (QED) is 0.604. The number of nitrogens with one attached hydrogen (secondary N) is 1. The smallest absolute Gasteiger partial charge is 0.407 e. The van der Waals surface area contributed by atoms with Crippen molar-refractivity contribution in [3.63, 3.8) is 0 Å². The van der Waals surface area contributed by atoms with E-state index in [2.05, 4.69) is 17.4 Å². The fraction of sp³-hybridized carbons (Fsp3) is 0.464. The third kappa shape index (κ3) is 4.51. The van der Waals surface area contributed by atoms with Crippen LogP contribution >= 0.6 is 0 Å². The monoisotopic (exact) mass is 476 g/mol. The van der Waals surface area contributed by atoms with Gasteiger partial charge in [0.05, 0.1) is 0 Å². The van der Waals surface area contributed by atoms with Crippen LogP contribution in [0.2, 0.25) is 0 Å². The molecule has 2 fully saturated rings. The van der Waals surface area contributed by atoms with Crippen LogP contribution in [0.1, 0.15) is 68.4 Å². The first-order valence-electron chi connectivity index (χ1n) is 12.6. The van der Waals surface area contributed by atoms with Gasteiger partial charge in [0.2, 0.25) is 5.91 Å². The Bertz CT molecular complexity index is 1080. The van der Waals surface area contributed by atoms with E-state index in [0.717, 1.165) is 54.4 Å². The predicted molar refractivity (Wildman–Crippen MR) is 131 cm³/mol. The van der Waals surface area contributed by atoms with Gasteiger partial charge >= 0.3 is 12.1 Å². The van der Waals surface area contributed by atoms with Gasteiger partial charge in [-0.15, -0.1) is 0 Å². The van der Waals surface area contributed by atoms with Crippen molar-refractivity contribution in [2.24, 2.45) is 0 Å². The summed E-state index contributed by atoms with van der Waals surface area (Å²) in [5, 5.41) is 11.9. The minimum atomic E-state index is -0.992. The number of likely N-dealkylation sites (tertiary alicyclic amines) is 1. The van der Waals surface area contributed by atoms with Crippen LogP contribution in [0.3, 0.4) is 0 Å². The van der Waals surface area contributed by atoms with Crippen molar-refractivity contribution in [1.29, 1.82) is 0 Å². The second-order valence-corrected chi connectivity index (χ2v) is 9.98. The van der Waals surface area contributed by atoms with Crippen molar-refractivity contribution < 1.29 is 24.2 Å². The fourth-order valence-corrected chi connectivity index (χ4v) is 6.11. The van der Waals surface area contributed by atoms with E-state index in [0.29, 0.717) is 6.54 Å². The summed E-state index contributed by atoms with van der Waals surface area (Å²) in [6.07, 6.45) is 5.50. The molecule has 1 unspecified atom stereocenters. The lowest BCUT2D eigenvalue weighted by atomic mass is 9.72. The molecule has 2 aliphatic carbocycles. The number of rotatable bonds is 7. The predicted octanol–water partition coefficient (Wildman–Crippen LogP) is 4.69. The van der Waals surface area contributed by atoms with Gasteiger partial charge in [-0.05, 0) is 47.9 Å². The van der Waals surface area contributed by atoms with Gasteiger partial charge in [-0.2, -0.15) is 0 Å². The van der Waals surface area contributed by atoms with Crippen LogP contribution in [-0.4, -0.2) is 52.7 Å². The Morgan fingerprint density at radius 2 is 1.60 bits per heavy atom. The van der Waals surface area contributed by atoms with Gasteiger partial charge in [-0.1, -0.05) is 67.8 Å². The molecule has 7 heteroatoms. The highest BCUT2D eigenvalue weighted by atomic mass is 16.5. The molecule has 0 radical (unpaired) electrons. The summed E-state index contributed by atoms with van der Waals surface area (Å²) < 4.78 is 5.63. The number of carbonyl (C=O) groups is 3. The van der Waals surface area contributed by atoms with E-state index in [-0.39, 0.29) is 36.8 Å². The van der Waals surface area contributed by atoms with Crippen molar-refractivity contribution in [3.8, 4) is 11.1 Å². The highest BCUT2D eigenvalue weighted by Crippen LogP contribution is 2.45. The zero-order valence-corrected chi connectivity index (χ0v) is 19.9. The molecule has 5 rings (SSSR count). The number of carbonyl (C=O) groups excluding carboxylic acids is 2. The topological polar surface area (TPSA) is 95.9 Å². The molecule has 7 nitrogen and oxygen atoms in total. The second kappa shape index (κ2) is 9.72. The van der Waals surface area contributed by atoms with E-state index in [1.54, 1.807) is 0 Å². The van der Waals surface area contributed by atoms with Crippen LogP contribution in [0.25, 0.3) is 11.1 Å². The first-order valence-corrected chi connectivity index (χ1v) is 12.6. The molecule has 184 valence electrons. The maximum Gasteiger partial charge on any atom is 0.407 e. The first-order chi connectivity index (χ1) is 17.0. The Hall–Kier alpha value is -3.35. The average molecular weight is 477 g/mol. The van der Waals surface area contributed by atoms with Gasteiger partial charge in [0.1, 0.15) is 12.6 Å². The lowest BCUT2D eigenvalue weighted by molar-refractivity contribution is -0.153. The van der Waals surface area contributed by atoms with Crippen molar-refractivity contribution in [3.05, 3.63) is 59.7 Å². The zero-order chi connectivity index (χ0) is 24.4. The normalized spacial score (nSPS) is 18.8. The van der Waals surface area contributed by atoms with Crippen LogP contribution in [-0.2, 0) is 14.3 Å². The average Bonchev–Trinajstić information content (AvgIpc) is 3.18. The van der Waals surface area contributed by atoms with E-state index in [4.69, 9.17) is 4.74 Å². The minimum absolute atomic E-state index is 0.0466. The lowest BCUT2D eigenvalue weighted by Crippen LogP contribution is -2.66. The fourth-order valence-electron chi connectivity index (χ4n) is 6.11. The number of hydrogen-bond acceptors (Lipinski definition) is 4. The second-order valence-electron chi connectivity index (χ2n) is 9.98. The minimum Gasteiger partial charge on any atom is -0.481 e. The van der Waals surface area contributed by atoms with Gasteiger partial charge < -0.3 is 20.1 Å². The Labute approximate surface area is 205 Å². The van der Waals surface area contributed by atoms with Crippen LogP contribution in [0.15, 0.2) is 48.5 Å². The number of alkyl carbamates (subject to hydrolysis) is 1. The number of amides is 2. The van der Waals surface area contributed by atoms with E-state index < -0.39 is 18.1 Å². The van der Waals surface area contributed by atoms with Gasteiger partial charge in [0.15, 0.2) is 0 Å². The van der Waals surface area contributed by atoms with E-state index in [1.165, 1.54) is 6.42 Å². The van der Waals surface area contributed by atoms with Crippen LogP contribution in [0, 0.1) is 0 Å². The van der Waals surface area contributed by atoms with Crippen molar-refractivity contribution in [2.45, 2.75) is 68.9 Å². The highest BCUT2D eigenvalue weighted by Gasteiger charge is 2.49. The number of carboxylic acids is 1. The summed E-state index contributed by atoms with van der Waals surface area (Å²) >= 11 is 0. The van der Waals surface area contributed by atoms with Crippen molar-refractivity contribution >= 4 is 18.0 Å². The Morgan fingerprint density at radius 1 is 0.971 bits per heavy atom. The molecule has 1 aliphatic heterocycles. The third-order valence-corrected chi connectivity index (χ3v) is 8.00. The Morgan fingerprint density at radius 3 is 2.17 bits per heavy atom. The maximum absolute atomic E-state index is 13.4. The lowest BCUT2D eigenvalue weighted by Gasteiger charge is -2.56. The molecular weight excluding hydrogens is 444 g/mol. The van der Waals surface area contributed by atoms with Gasteiger partial charge in [0, 0.05) is 24.4 Å². The summed E-state index contributed by atoms with van der Waals surface area (Å²) in [5.74, 6) is -1.26. The number of ether oxygens (including phenoxy) is 1. The molecule has 3 aliphatic rings. The van der Waals surface area contributed by atoms with Gasteiger partial charge in [-0.3, -0.25) is 9.59 Å². The van der Waals surface area contributed by atoms with E-state index >= 15 is 0 Å². The first kappa shape index (κ1) is 23.4. The SMILES string of the molecule is O=C(O)CCC(NC(=O)OCC1c2ccccc2-c2ccccc21)C(=O)N1CCC12CCCCC2. The van der Waals surface area contributed by atoms with Crippen LogP contribution < -0.4 is 5.32 Å². The molecule has 2 amide bonds. The molecule has 0 bridgehead atoms. The molecule has 2 aromatic carbocycles. The molecule has 0 aromatic heterocycles. The maximum atomic E-state index is 13.4. The number of benzene rings is 2. The molecule has 2 aromatic rings. The Kier molecular flexibility index (Phi) is 6.50. The van der Waals surface area contributed by atoms with Crippen LogP contribution in [0.5, 0.6) is 0 Å². The molecule has 1 saturated carbocycles. The number of nitrogens with zero attached hydrogens (tertiary/aromatic N) is 1. The molecule has 1 atom stereocenters. The van der Waals surface area contributed by atoms with Gasteiger partial charge in [-0.25, -0.2) is 4.79 Å². The largest absolute Gasteiger partial charge is 0.481 e. The molecule has 2 N–H and O–H groups in total. The number of aliphatic carboxylic acids is 1. The summed E-state index contributed by atoms with van der Waals surface area (Å²) in [4.78, 5) is 39.3. The van der Waals surface area contributed by atoms with Gasteiger partial charge in [0.25, 0.3) is 0 Å². The summed E-state index contributed by atoms with van der Waals surface area (Å²) in [5.41, 5.74) is 4.39. The Balaban J connectivity index is 1.26. The third-order valence-electron chi connectivity index (χ3n) is 8.00. The standard InChI is InChI=1S/C28H32N2O5/c31-25(32)13-12-24(26(33)30-17-16-28(30)14-6-1-7-15-28)29-27(34)35-18-23-21-10-4-2-8-19(21)20-9-3-5-11-22(20)23/h2-5,8-11,23-24H,1,6-7,12-18H2,(H,29,34)(H,31,32). The number of carboxylic acid groups (broad SMARTS) is 1. The number of hydrogen-bond donors (Lipinski definition) is 2. The van der Waals surface area contributed by atoms with Crippen molar-refractivity contribution in [2.75, 3.05) is 13.2 Å². The highest BCUT2D eigenvalue weighted by molar-refractivity contribution is 5.87. The zero-order valence-electron chi connectivity index (χ0n) is 19.9. The van der Waals surface area contributed by atoms with E-state index in [9.17, 15) is 19.5 Å². The molecule has 1 heterocycles. The molecule has 35 heavy (non-hydrogen) atoms. The van der Waals surface area contributed by atoms with E-state index in [1.807, 2.05) is 41.3 Å². The van der Waals surface area contributed by atoms with Crippen LogP contribution in [0.4, 0.5) is 4.79 Å². The molecule has 1 spiro atoms. The summed E-state index contributed by atoms with van der Waals surface area (Å²) in [6, 6.07) is 15.3. The molecule has 1 saturated heterocycles. The van der Waals surface area contributed by atoms with Crippen molar-refractivity contribution in [1.82, 2.24) is 10.2 Å². The number of fused-ring (bicyclic) bond motifs is 3. The summed E-state index contributed by atoms with van der Waals surface area (Å²) in [7, 11) is 0. The molecular formula is C28H32N2O5. The summed E-state index contributed by atoms with van der Waals surface area (Å²) in [6.45, 7) is 0.808.